The van der Waals surface area contributed by atoms with Gasteiger partial charge in [0.15, 0.2) is 0 Å². The summed E-state index contributed by atoms with van der Waals surface area (Å²) in [6, 6.07) is 2.98. The first-order valence-corrected chi connectivity index (χ1v) is 12.4. The van der Waals surface area contributed by atoms with E-state index in [4.69, 9.17) is 14.7 Å². The number of amides is 1. The third-order valence-electron chi connectivity index (χ3n) is 7.01. The third-order valence-corrected chi connectivity index (χ3v) is 7.01. The second kappa shape index (κ2) is 11.4. The maximum atomic E-state index is 10.6. The molecule has 1 atom stereocenters. The maximum Gasteiger partial charge on any atom is 0.207 e. The number of ether oxygens (including phenoxy) is 1. The lowest BCUT2D eigenvalue weighted by Crippen LogP contribution is -2.52. The van der Waals surface area contributed by atoms with Gasteiger partial charge < -0.3 is 15.0 Å². The first kappa shape index (κ1) is 24.9. The van der Waals surface area contributed by atoms with Crippen LogP contribution < -0.4 is 10.2 Å². The molecule has 2 aliphatic rings. The zero-order chi connectivity index (χ0) is 23.1. The predicted molar refractivity (Wildman–Crippen MR) is 129 cm³/mol. The van der Waals surface area contributed by atoms with Crippen LogP contribution in [0.3, 0.4) is 0 Å². The van der Waals surface area contributed by atoms with Gasteiger partial charge in [-0.3, -0.25) is 9.69 Å². The Bertz CT molecular complexity index is 728. The van der Waals surface area contributed by atoms with Crippen molar-refractivity contribution in [1.29, 1.82) is 0 Å². The van der Waals surface area contributed by atoms with Crippen LogP contribution in [0.25, 0.3) is 0 Å². The summed E-state index contributed by atoms with van der Waals surface area (Å²) < 4.78 is 5.29. The Kier molecular flexibility index (Phi) is 8.88. The molecule has 32 heavy (non-hydrogen) atoms. The highest BCUT2D eigenvalue weighted by Gasteiger charge is 2.28. The van der Waals surface area contributed by atoms with E-state index in [1.165, 1.54) is 25.8 Å². The van der Waals surface area contributed by atoms with Crippen molar-refractivity contribution in [3.05, 3.63) is 17.6 Å². The fraction of sp³-hybridized carbons (Fsp3) is 0.800. The summed E-state index contributed by atoms with van der Waals surface area (Å²) in [5.74, 6) is 2.77. The van der Waals surface area contributed by atoms with E-state index in [1.807, 2.05) is 0 Å². The van der Waals surface area contributed by atoms with Crippen molar-refractivity contribution >= 4 is 12.2 Å². The topological polar surface area (TPSA) is 70.6 Å². The molecule has 3 rings (SSSR count). The van der Waals surface area contributed by atoms with E-state index in [9.17, 15) is 4.79 Å². The number of piperazine rings is 1. The maximum absolute atomic E-state index is 10.6. The largest absolute Gasteiger partial charge is 0.384 e. The molecule has 0 unspecified atom stereocenters. The van der Waals surface area contributed by atoms with E-state index in [0.29, 0.717) is 18.7 Å². The third kappa shape index (κ3) is 6.88. The molecular formula is C25H43N5O2. The van der Waals surface area contributed by atoms with Crippen LogP contribution in [0.15, 0.2) is 6.07 Å². The van der Waals surface area contributed by atoms with E-state index >= 15 is 0 Å². The van der Waals surface area contributed by atoms with Crippen LogP contribution >= 0.6 is 0 Å². The molecule has 7 heteroatoms. The van der Waals surface area contributed by atoms with Gasteiger partial charge >= 0.3 is 0 Å². The smallest absolute Gasteiger partial charge is 0.207 e. The van der Waals surface area contributed by atoms with Gasteiger partial charge in [-0.05, 0) is 51.5 Å². The molecule has 1 aliphatic heterocycles. The summed E-state index contributed by atoms with van der Waals surface area (Å²) >= 11 is 0. The molecule has 1 saturated carbocycles. The number of nitrogens with zero attached hydrogens (tertiary/aromatic N) is 4. The molecule has 1 amide bonds. The highest BCUT2D eigenvalue weighted by molar-refractivity contribution is 5.46. The van der Waals surface area contributed by atoms with E-state index in [2.05, 4.69) is 48.9 Å². The van der Waals surface area contributed by atoms with Crippen LogP contribution in [0, 0.1) is 5.92 Å². The minimum Gasteiger partial charge on any atom is -0.384 e. The first-order chi connectivity index (χ1) is 15.3. The van der Waals surface area contributed by atoms with Crippen molar-refractivity contribution in [2.45, 2.75) is 83.7 Å². The first-order valence-electron chi connectivity index (χ1n) is 12.4. The monoisotopic (exact) mass is 445 g/mol. The van der Waals surface area contributed by atoms with Crippen molar-refractivity contribution < 1.29 is 9.53 Å². The number of hydrogen-bond donors (Lipinski definition) is 1. The van der Waals surface area contributed by atoms with Gasteiger partial charge in [0, 0.05) is 62.4 Å². The molecule has 2 heterocycles. The van der Waals surface area contributed by atoms with Gasteiger partial charge in [-0.25, -0.2) is 9.97 Å². The number of nitrogens with one attached hydrogen (secondary N) is 1. The van der Waals surface area contributed by atoms with Gasteiger partial charge in [0.05, 0.1) is 6.61 Å². The minimum absolute atomic E-state index is 0.0802. The molecule has 1 aliphatic carbocycles. The fourth-order valence-corrected chi connectivity index (χ4v) is 4.96. The standard InChI is InChI=1S/C25H43N5O2/c1-19-17-29(12-10-20-6-8-21(9-7-20)26-18-31)13-14-30(19)23-16-22(11-15-32-5)27-24(28-23)25(2,3)4/h16,18-21H,6-15,17H2,1-5H3,(H,26,31)/t19-,20-,21-/m0/s1. The summed E-state index contributed by atoms with van der Waals surface area (Å²) in [4.78, 5) is 25.5. The van der Waals surface area contributed by atoms with Crippen molar-refractivity contribution in [2.75, 3.05) is 44.8 Å². The van der Waals surface area contributed by atoms with Gasteiger partial charge in [0.2, 0.25) is 6.41 Å². The zero-order valence-corrected chi connectivity index (χ0v) is 20.8. The Morgan fingerprint density at radius 1 is 1.19 bits per heavy atom. The lowest BCUT2D eigenvalue weighted by atomic mass is 9.84. The molecule has 0 aromatic carbocycles. The highest BCUT2D eigenvalue weighted by Crippen LogP contribution is 2.28. The number of methoxy groups -OCH3 is 1. The van der Waals surface area contributed by atoms with Crippen LogP contribution in [0.2, 0.25) is 0 Å². The Morgan fingerprint density at radius 3 is 2.56 bits per heavy atom. The average Bonchev–Trinajstić information content (AvgIpc) is 2.76. The molecule has 1 saturated heterocycles. The van der Waals surface area contributed by atoms with Crippen LogP contribution in [0.5, 0.6) is 0 Å². The molecule has 0 radical (unpaired) electrons. The van der Waals surface area contributed by atoms with E-state index in [0.717, 1.165) is 68.6 Å². The van der Waals surface area contributed by atoms with E-state index in [1.54, 1.807) is 7.11 Å². The lowest BCUT2D eigenvalue weighted by Gasteiger charge is -2.41. The number of anilines is 1. The van der Waals surface area contributed by atoms with Crippen molar-refractivity contribution in [2.24, 2.45) is 5.92 Å². The summed E-state index contributed by atoms with van der Waals surface area (Å²) in [5.41, 5.74) is 0.986. The summed E-state index contributed by atoms with van der Waals surface area (Å²) in [5, 5.41) is 2.95. The van der Waals surface area contributed by atoms with Gasteiger partial charge in [-0.15, -0.1) is 0 Å². The van der Waals surface area contributed by atoms with Gasteiger partial charge in [-0.2, -0.15) is 0 Å². The molecule has 180 valence electrons. The van der Waals surface area contributed by atoms with Gasteiger partial charge in [0.25, 0.3) is 0 Å². The van der Waals surface area contributed by atoms with Crippen LogP contribution in [-0.2, 0) is 21.4 Å². The molecule has 0 bridgehead atoms. The molecular weight excluding hydrogens is 402 g/mol. The number of carbonyl (C=O) groups excluding carboxylic acids is 1. The summed E-state index contributed by atoms with van der Waals surface area (Å²) in [6.45, 7) is 13.8. The van der Waals surface area contributed by atoms with Crippen LogP contribution in [-0.4, -0.2) is 73.3 Å². The lowest BCUT2D eigenvalue weighted by molar-refractivity contribution is -0.110. The van der Waals surface area contributed by atoms with E-state index < -0.39 is 0 Å². The van der Waals surface area contributed by atoms with Gasteiger partial charge in [0.1, 0.15) is 11.6 Å². The van der Waals surface area contributed by atoms with Crippen LogP contribution in [0.4, 0.5) is 5.82 Å². The number of carbonyl (C=O) groups is 1. The summed E-state index contributed by atoms with van der Waals surface area (Å²) in [6.07, 6.45) is 7.67. The Labute approximate surface area is 194 Å². The SMILES string of the molecule is COCCc1cc(N2CCN(CC[C@H]3CC[C@H](NC=O)CC3)C[C@@H]2C)nc(C(C)(C)C)n1. The number of rotatable bonds is 9. The van der Waals surface area contributed by atoms with Gasteiger partial charge in [-0.1, -0.05) is 20.8 Å². The Balaban J connectivity index is 1.56. The normalized spacial score (nSPS) is 25.0. The second-order valence-corrected chi connectivity index (χ2v) is 10.7. The molecule has 1 aromatic heterocycles. The average molecular weight is 446 g/mol. The Hall–Kier alpha value is -1.73. The zero-order valence-electron chi connectivity index (χ0n) is 20.8. The van der Waals surface area contributed by atoms with Crippen molar-refractivity contribution in [1.82, 2.24) is 20.2 Å². The molecule has 1 aromatic rings. The number of aromatic nitrogens is 2. The highest BCUT2D eigenvalue weighted by atomic mass is 16.5. The molecule has 0 spiro atoms. The molecule has 2 fully saturated rings. The second-order valence-electron chi connectivity index (χ2n) is 10.7. The molecule has 1 N–H and O–H groups in total. The van der Waals surface area contributed by atoms with Crippen molar-refractivity contribution in [3.63, 3.8) is 0 Å². The van der Waals surface area contributed by atoms with Crippen molar-refractivity contribution in [3.8, 4) is 0 Å². The predicted octanol–water partition coefficient (Wildman–Crippen LogP) is 3.17. The molecule has 7 nitrogen and oxygen atoms in total. The quantitative estimate of drug-likeness (QED) is 0.589. The van der Waals surface area contributed by atoms with E-state index in [-0.39, 0.29) is 5.41 Å². The van der Waals surface area contributed by atoms with Crippen LogP contribution in [0.1, 0.15) is 71.3 Å². The minimum atomic E-state index is -0.0802. The Morgan fingerprint density at radius 2 is 1.94 bits per heavy atom. The fourth-order valence-electron chi connectivity index (χ4n) is 4.96. The number of hydrogen-bond acceptors (Lipinski definition) is 6. The summed E-state index contributed by atoms with van der Waals surface area (Å²) in [7, 11) is 1.74.